The monoisotopic (exact) mass is 338 g/mol. The fourth-order valence-corrected chi connectivity index (χ4v) is 3.13. The van der Waals surface area contributed by atoms with Crippen molar-refractivity contribution >= 4 is 5.82 Å². The molecular formula is C18H22N6O. The number of hydrogen-bond donors (Lipinski definition) is 2. The summed E-state index contributed by atoms with van der Waals surface area (Å²) in [5, 5.41) is 15.5. The number of nitrogens with zero attached hydrogens (tertiary/aromatic N) is 4. The molecule has 1 aliphatic heterocycles. The quantitative estimate of drug-likeness (QED) is 0.748. The molecule has 3 aromatic heterocycles. The minimum Gasteiger partial charge on any atom is -0.381 e. The van der Waals surface area contributed by atoms with Gasteiger partial charge < -0.3 is 10.1 Å². The molecule has 4 rings (SSSR count). The Kier molecular flexibility index (Phi) is 4.47. The maximum absolute atomic E-state index is 5.57. The van der Waals surface area contributed by atoms with Gasteiger partial charge in [-0.1, -0.05) is 0 Å². The molecule has 7 nitrogen and oxygen atoms in total. The molecule has 0 spiro atoms. The van der Waals surface area contributed by atoms with Gasteiger partial charge in [0.1, 0.15) is 5.82 Å². The average molecular weight is 338 g/mol. The second kappa shape index (κ2) is 7.06. The number of pyridine rings is 1. The first-order valence-corrected chi connectivity index (χ1v) is 8.60. The summed E-state index contributed by atoms with van der Waals surface area (Å²) in [6.07, 6.45) is 5.82. The van der Waals surface area contributed by atoms with Crippen LogP contribution in [0.15, 0.2) is 36.7 Å². The standard InChI is InChI=1S/C18H22N6O/c1-24-18(9-17(23-24)14-5-3-7-25-12-14)20-11-15-8-16(22-21-15)13-4-2-6-19-10-13/h2,4,6,8-10,14,20H,3,5,7,11-12H2,1H3,(H,21,22). The van der Waals surface area contributed by atoms with Crippen molar-refractivity contribution < 1.29 is 4.74 Å². The van der Waals surface area contributed by atoms with E-state index in [1.807, 2.05) is 36.1 Å². The van der Waals surface area contributed by atoms with Crippen molar-refractivity contribution in [3.63, 3.8) is 0 Å². The van der Waals surface area contributed by atoms with Crippen molar-refractivity contribution in [3.8, 4) is 11.3 Å². The summed E-state index contributed by atoms with van der Waals surface area (Å²) < 4.78 is 7.46. The van der Waals surface area contributed by atoms with Crippen LogP contribution in [0.3, 0.4) is 0 Å². The van der Waals surface area contributed by atoms with Gasteiger partial charge in [0, 0.05) is 43.6 Å². The Morgan fingerprint density at radius 1 is 1.40 bits per heavy atom. The molecule has 25 heavy (non-hydrogen) atoms. The number of nitrogens with one attached hydrogen (secondary N) is 2. The molecule has 7 heteroatoms. The Labute approximate surface area is 146 Å². The Balaban J connectivity index is 1.42. The maximum Gasteiger partial charge on any atom is 0.124 e. The first kappa shape index (κ1) is 15.8. The van der Waals surface area contributed by atoms with E-state index in [-0.39, 0.29) is 0 Å². The Bertz CT molecular complexity index is 819. The highest BCUT2D eigenvalue weighted by Crippen LogP contribution is 2.26. The van der Waals surface area contributed by atoms with E-state index in [9.17, 15) is 0 Å². The van der Waals surface area contributed by atoms with Crippen LogP contribution in [0.5, 0.6) is 0 Å². The molecule has 0 saturated carbocycles. The van der Waals surface area contributed by atoms with Gasteiger partial charge in [-0.2, -0.15) is 10.2 Å². The van der Waals surface area contributed by atoms with Crippen molar-refractivity contribution in [3.05, 3.63) is 48.0 Å². The normalized spacial score (nSPS) is 17.6. The van der Waals surface area contributed by atoms with Gasteiger partial charge in [-0.05, 0) is 31.0 Å². The molecule has 130 valence electrons. The molecule has 1 unspecified atom stereocenters. The number of anilines is 1. The highest BCUT2D eigenvalue weighted by atomic mass is 16.5. The van der Waals surface area contributed by atoms with E-state index in [2.05, 4.69) is 31.7 Å². The van der Waals surface area contributed by atoms with E-state index in [0.717, 1.165) is 54.5 Å². The number of H-pyrrole nitrogens is 1. The molecule has 2 N–H and O–H groups in total. The zero-order chi connectivity index (χ0) is 17.1. The number of hydrogen-bond acceptors (Lipinski definition) is 5. The molecule has 0 radical (unpaired) electrons. The predicted molar refractivity (Wildman–Crippen MR) is 95.1 cm³/mol. The number of aromatic nitrogens is 5. The highest BCUT2D eigenvalue weighted by Gasteiger charge is 2.19. The topological polar surface area (TPSA) is 80.7 Å². The lowest BCUT2D eigenvalue weighted by atomic mass is 9.99. The van der Waals surface area contributed by atoms with Gasteiger partial charge in [-0.15, -0.1) is 0 Å². The first-order chi connectivity index (χ1) is 12.3. The smallest absolute Gasteiger partial charge is 0.124 e. The molecule has 0 bridgehead atoms. The van der Waals surface area contributed by atoms with Gasteiger partial charge in [-0.3, -0.25) is 14.8 Å². The number of aryl methyl sites for hydroxylation is 1. The molecule has 0 aliphatic carbocycles. The largest absolute Gasteiger partial charge is 0.381 e. The molecule has 0 aromatic carbocycles. The fraction of sp³-hybridized carbons (Fsp3) is 0.389. The van der Waals surface area contributed by atoms with Crippen LogP contribution in [0.2, 0.25) is 0 Å². The van der Waals surface area contributed by atoms with E-state index in [0.29, 0.717) is 12.5 Å². The second-order valence-corrected chi connectivity index (χ2v) is 6.37. The van der Waals surface area contributed by atoms with Crippen LogP contribution >= 0.6 is 0 Å². The molecule has 3 aromatic rings. The zero-order valence-electron chi connectivity index (χ0n) is 14.3. The van der Waals surface area contributed by atoms with Crippen LogP contribution in [0.4, 0.5) is 5.82 Å². The summed E-state index contributed by atoms with van der Waals surface area (Å²) in [5.41, 5.74) is 4.02. The number of aromatic amines is 1. The molecule has 0 amide bonds. The zero-order valence-corrected chi connectivity index (χ0v) is 14.3. The van der Waals surface area contributed by atoms with Gasteiger partial charge in [0.15, 0.2) is 0 Å². The Hall–Kier alpha value is -2.67. The lowest BCUT2D eigenvalue weighted by Crippen LogP contribution is -2.16. The van der Waals surface area contributed by atoms with Crippen molar-refractivity contribution in [1.82, 2.24) is 25.0 Å². The van der Waals surface area contributed by atoms with Gasteiger partial charge in [0.05, 0.1) is 30.2 Å². The highest BCUT2D eigenvalue weighted by molar-refractivity contribution is 5.57. The first-order valence-electron chi connectivity index (χ1n) is 8.60. The van der Waals surface area contributed by atoms with E-state index >= 15 is 0 Å². The summed E-state index contributed by atoms with van der Waals surface area (Å²) >= 11 is 0. The van der Waals surface area contributed by atoms with Gasteiger partial charge in [-0.25, -0.2) is 0 Å². The van der Waals surface area contributed by atoms with Crippen molar-refractivity contribution in [2.45, 2.75) is 25.3 Å². The third kappa shape index (κ3) is 3.56. The average Bonchev–Trinajstić information content (AvgIpc) is 3.28. The molecule has 1 fully saturated rings. The summed E-state index contributed by atoms with van der Waals surface area (Å²) in [7, 11) is 1.96. The molecule has 1 atom stereocenters. The van der Waals surface area contributed by atoms with E-state index in [1.165, 1.54) is 0 Å². The summed E-state index contributed by atoms with van der Waals surface area (Å²) in [5.74, 6) is 1.40. The minimum absolute atomic E-state index is 0.403. The van der Waals surface area contributed by atoms with Crippen molar-refractivity contribution in [2.24, 2.45) is 7.05 Å². The van der Waals surface area contributed by atoms with Gasteiger partial charge in [0.2, 0.25) is 0 Å². The number of ether oxygens (including phenoxy) is 1. The van der Waals surface area contributed by atoms with Crippen LogP contribution in [0.25, 0.3) is 11.3 Å². The minimum atomic E-state index is 0.403. The summed E-state index contributed by atoms with van der Waals surface area (Å²) in [4.78, 5) is 4.13. The number of rotatable bonds is 5. The lowest BCUT2D eigenvalue weighted by Gasteiger charge is -2.19. The second-order valence-electron chi connectivity index (χ2n) is 6.37. The van der Waals surface area contributed by atoms with Crippen molar-refractivity contribution in [1.29, 1.82) is 0 Å². The van der Waals surface area contributed by atoms with Crippen LogP contribution in [0, 0.1) is 0 Å². The van der Waals surface area contributed by atoms with E-state index in [1.54, 1.807) is 6.20 Å². The third-order valence-electron chi connectivity index (χ3n) is 4.53. The third-order valence-corrected chi connectivity index (χ3v) is 4.53. The van der Waals surface area contributed by atoms with E-state index < -0.39 is 0 Å². The Morgan fingerprint density at radius 3 is 3.16 bits per heavy atom. The van der Waals surface area contributed by atoms with Crippen LogP contribution < -0.4 is 5.32 Å². The van der Waals surface area contributed by atoms with E-state index in [4.69, 9.17) is 4.74 Å². The lowest BCUT2D eigenvalue weighted by molar-refractivity contribution is 0.0791. The summed E-state index contributed by atoms with van der Waals surface area (Å²) in [6.45, 7) is 2.30. The molecular weight excluding hydrogens is 316 g/mol. The predicted octanol–water partition coefficient (Wildman–Crippen LogP) is 2.71. The van der Waals surface area contributed by atoms with Gasteiger partial charge in [0.25, 0.3) is 0 Å². The SMILES string of the molecule is Cn1nc(C2CCCOC2)cc1NCc1cc(-c2cccnc2)n[nH]1. The molecule has 1 aliphatic rings. The van der Waals surface area contributed by atoms with Crippen molar-refractivity contribution in [2.75, 3.05) is 18.5 Å². The summed E-state index contributed by atoms with van der Waals surface area (Å²) in [6, 6.07) is 8.07. The van der Waals surface area contributed by atoms with Crippen LogP contribution in [0.1, 0.15) is 30.1 Å². The van der Waals surface area contributed by atoms with Gasteiger partial charge >= 0.3 is 0 Å². The maximum atomic E-state index is 5.57. The fourth-order valence-electron chi connectivity index (χ4n) is 3.13. The molecule has 4 heterocycles. The molecule has 1 saturated heterocycles. The van der Waals surface area contributed by atoms with Crippen LogP contribution in [-0.2, 0) is 18.3 Å². The Morgan fingerprint density at radius 2 is 2.36 bits per heavy atom. The van der Waals surface area contributed by atoms with Crippen LogP contribution in [-0.4, -0.2) is 38.2 Å².